The molecule has 2 aromatic rings. The van der Waals surface area contributed by atoms with Crippen LogP contribution >= 0.6 is 15.9 Å². The average molecular weight is 470 g/mol. The summed E-state index contributed by atoms with van der Waals surface area (Å²) in [4.78, 5) is 27.2. The molecule has 7 heteroatoms. The lowest BCUT2D eigenvalue weighted by atomic mass is 9.95. The maximum Gasteiger partial charge on any atom is 0.260 e. The van der Waals surface area contributed by atoms with Crippen LogP contribution in [0.2, 0.25) is 0 Å². The van der Waals surface area contributed by atoms with E-state index in [1.165, 1.54) is 45.0 Å². The first-order valence-corrected chi connectivity index (χ1v) is 10.9. The Hall–Kier alpha value is -2.64. The van der Waals surface area contributed by atoms with Crippen molar-refractivity contribution >= 4 is 39.0 Å². The minimum atomic E-state index is -0.432. The summed E-state index contributed by atoms with van der Waals surface area (Å²) in [7, 11) is 1.53. The van der Waals surface area contributed by atoms with E-state index in [9.17, 15) is 9.59 Å². The van der Waals surface area contributed by atoms with Crippen molar-refractivity contribution in [1.29, 1.82) is 0 Å². The van der Waals surface area contributed by atoms with Gasteiger partial charge < -0.3 is 10.1 Å². The topological polar surface area (TPSA) is 70.7 Å². The summed E-state index contributed by atoms with van der Waals surface area (Å²) in [5.41, 5.74) is 3.51. The van der Waals surface area contributed by atoms with Gasteiger partial charge in [-0.2, -0.15) is 0 Å². The van der Waals surface area contributed by atoms with Crippen LogP contribution in [0.15, 0.2) is 47.1 Å². The van der Waals surface area contributed by atoms with Crippen LogP contribution in [-0.4, -0.2) is 36.9 Å². The van der Waals surface area contributed by atoms with Crippen LogP contribution in [0, 0.1) is 0 Å². The van der Waals surface area contributed by atoms with Gasteiger partial charge in [0.1, 0.15) is 5.75 Å². The molecule has 0 spiro atoms. The zero-order valence-corrected chi connectivity index (χ0v) is 18.4. The quantitative estimate of drug-likeness (QED) is 0.507. The molecule has 0 bridgehead atoms. The van der Waals surface area contributed by atoms with Gasteiger partial charge in [0.25, 0.3) is 11.8 Å². The van der Waals surface area contributed by atoms with Crippen LogP contribution in [0.1, 0.15) is 40.7 Å². The summed E-state index contributed by atoms with van der Waals surface area (Å²) in [5.74, 6) is -0.325. The molecule has 1 fully saturated rings. The van der Waals surface area contributed by atoms with Crippen molar-refractivity contribution in [3.63, 3.8) is 0 Å². The molecule has 2 N–H and O–H groups in total. The van der Waals surface area contributed by atoms with E-state index in [4.69, 9.17) is 4.74 Å². The molecule has 0 atom stereocenters. The van der Waals surface area contributed by atoms with Crippen molar-refractivity contribution in [1.82, 2.24) is 10.2 Å². The van der Waals surface area contributed by atoms with Crippen molar-refractivity contribution in [2.75, 3.05) is 25.5 Å². The van der Waals surface area contributed by atoms with Crippen molar-refractivity contribution < 1.29 is 14.3 Å². The van der Waals surface area contributed by atoms with E-state index in [0.29, 0.717) is 26.9 Å². The lowest BCUT2D eigenvalue weighted by Gasteiger charge is -2.26. The number of amides is 2. The molecule has 0 aliphatic carbocycles. The van der Waals surface area contributed by atoms with Gasteiger partial charge in [-0.15, -0.1) is 0 Å². The van der Waals surface area contributed by atoms with E-state index in [2.05, 4.69) is 43.6 Å². The van der Waals surface area contributed by atoms with E-state index in [0.717, 1.165) is 12.2 Å². The number of halogens is 1. The van der Waals surface area contributed by atoms with Crippen LogP contribution < -0.4 is 15.4 Å². The first kappa shape index (κ1) is 20.6. The molecule has 0 aromatic heterocycles. The van der Waals surface area contributed by atoms with Gasteiger partial charge >= 0.3 is 0 Å². The second kappa shape index (κ2) is 9.02. The molecule has 2 aliphatic heterocycles. The average Bonchev–Trinajstić information content (AvgIpc) is 2.75. The number of methoxy groups -OCH3 is 1. The highest BCUT2D eigenvalue weighted by atomic mass is 79.9. The summed E-state index contributed by atoms with van der Waals surface area (Å²) >= 11 is 3.43. The molecule has 2 heterocycles. The minimum absolute atomic E-state index is 0.394. The summed E-state index contributed by atoms with van der Waals surface area (Å²) < 4.78 is 5.95. The van der Waals surface area contributed by atoms with Crippen molar-refractivity contribution in [3.8, 4) is 5.75 Å². The van der Waals surface area contributed by atoms with E-state index < -0.39 is 11.8 Å². The highest BCUT2D eigenvalue weighted by Gasteiger charge is 2.28. The molecule has 0 saturated carbocycles. The van der Waals surface area contributed by atoms with Crippen LogP contribution in [0.3, 0.4) is 0 Å². The van der Waals surface area contributed by atoms with Gasteiger partial charge in [0, 0.05) is 24.0 Å². The van der Waals surface area contributed by atoms with Crippen LogP contribution in [0.25, 0.3) is 5.57 Å². The lowest BCUT2D eigenvalue weighted by Crippen LogP contribution is -2.36. The third-order valence-corrected chi connectivity index (χ3v) is 6.11. The Balaban J connectivity index is 1.52. The third-order valence-electron chi connectivity index (χ3n) is 5.49. The number of likely N-dealkylation sites (tertiary alicyclic amines) is 1. The monoisotopic (exact) mass is 469 g/mol. The number of fused-ring (bicyclic) bond motifs is 1. The highest BCUT2D eigenvalue weighted by Crippen LogP contribution is 2.34. The number of nitrogens with one attached hydrogen (secondary N) is 2. The smallest absolute Gasteiger partial charge is 0.260 e. The number of carbonyl (C=O) groups excluding carboxylic acids is 2. The number of anilines is 1. The molecule has 0 radical (unpaired) electrons. The summed E-state index contributed by atoms with van der Waals surface area (Å²) in [6, 6.07) is 11.6. The normalized spacial score (nSPS) is 18.1. The fourth-order valence-corrected chi connectivity index (χ4v) is 4.37. The molecular formula is C23H24BrN3O3. The molecule has 2 amide bonds. The van der Waals surface area contributed by atoms with Gasteiger partial charge in [-0.1, -0.05) is 18.6 Å². The van der Waals surface area contributed by atoms with E-state index in [-0.39, 0.29) is 0 Å². The summed E-state index contributed by atoms with van der Waals surface area (Å²) in [5, 5.41) is 5.57. The molecule has 1 saturated heterocycles. The fraction of sp³-hybridized carbons (Fsp3) is 0.304. The first-order chi connectivity index (χ1) is 14.5. The SMILES string of the molecule is COc1cc2c(cc1Br)C(=CNc1ccc(CN3CCCCC3)cc1)C(=O)NC2=O. The number of rotatable bonds is 5. The number of hydrogen-bond acceptors (Lipinski definition) is 5. The summed E-state index contributed by atoms with van der Waals surface area (Å²) in [6.45, 7) is 3.30. The molecule has 156 valence electrons. The Labute approximate surface area is 184 Å². The lowest BCUT2D eigenvalue weighted by molar-refractivity contribution is -0.114. The maximum absolute atomic E-state index is 12.4. The molecule has 30 heavy (non-hydrogen) atoms. The van der Waals surface area contributed by atoms with E-state index in [1.807, 2.05) is 12.1 Å². The second-order valence-electron chi connectivity index (χ2n) is 7.55. The predicted octanol–water partition coefficient (Wildman–Crippen LogP) is 4.17. The molecule has 6 nitrogen and oxygen atoms in total. The molecule has 4 rings (SSSR count). The van der Waals surface area contributed by atoms with Crippen LogP contribution in [0.4, 0.5) is 5.69 Å². The Morgan fingerprint density at radius 3 is 2.50 bits per heavy atom. The van der Waals surface area contributed by atoms with Gasteiger partial charge in [-0.3, -0.25) is 19.8 Å². The van der Waals surface area contributed by atoms with Gasteiger partial charge in [0.15, 0.2) is 0 Å². The van der Waals surface area contributed by atoms with Gasteiger partial charge in [0.05, 0.1) is 22.7 Å². The van der Waals surface area contributed by atoms with Crippen molar-refractivity contribution in [2.45, 2.75) is 25.8 Å². The number of piperidine rings is 1. The number of nitrogens with zero attached hydrogens (tertiary/aromatic N) is 1. The highest BCUT2D eigenvalue weighted by molar-refractivity contribution is 9.10. The van der Waals surface area contributed by atoms with Crippen molar-refractivity contribution in [2.24, 2.45) is 0 Å². The number of hydrogen-bond donors (Lipinski definition) is 2. The fourth-order valence-electron chi connectivity index (χ4n) is 3.86. The number of ether oxygens (including phenoxy) is 1. The predicted molar refractivity (Wildman–Crippen MR) is 120 cm³/mol. The maximum atomic E-state index is 12.4. The Kier molecular flexibility index (Phi) is 6.20. The Bertz CT molecular complexity index is 995. The molecule has 2 aliphatic rings. The minimum Gasteiger partial charge on any atom is -0.496 e. The van der Waals surface area contributed by atoms with Crippen molar-refractivity contribution in [3.05, 3.63) is 63.8 Å². The van der Waals surface area contributed by atoms with Crippen LogP contribution in [-0.2, 0) is 11.3 Å². The van der Waals surface area contributed by atoms with Crippen LogP contribution in [0.5, 0.6) is 5.75 Å². The number of benzene rings is 2. The first-order valence-electron chi connectivity index (χ1n) is 10.1. The summed E-state index contributed by atoms with van der Waals surface area (Å²) in [6.07, 6.45) is 5.53. The van der Waals surface area contributed by atoms with Gasteiger partial charge in [0.2, 0.25) is 0 Å². The van der Waals surface area contributed by atoms with Gasteiger partial charge in [-0.05, 0) is 71.7 Å². The van der Waals surface area contributed by atoms with Gasteiger partial charge in [-0.25, -0.2) is 0 Å². The Morgan fingerprint density at radius 1 is 1.07 bits per heavy atom. The second-order valence-corrected chi connectivity index (χ2v) is 8.41. The zero-order valence-electron chi connectivity index (χ0n) is 16.8. The molecular weight excluding hydrogens is 446 g/mol. The number of carbonyl (C=O) groups is 2. The largest absolute Gasteiger partial charge is 0.496 e. The molecule has 2 aromatic carbocycles. The molecule has 0 unspecified atom stereocenters. The van der Waals surface area contributed by atoms with E-state index in [1.54, 1.807) is 18.3 Å². The number of imide groups is 1. The zero-order chi connectivity index (χ0) is 21.1. The van der Waals surface area contributed by atoms with E-state index >= 15 is 0 Å². The Morgan fingerprint density at radius 2 is 1.80 bits per heavy atom. The standard InChI is InChI=1S/C23H24BrN3O3/c1-30-21-12-18-17(11-20(21)24)19(23(29)26-22(18)28)13-25-16-7-5-15(6-8-16)14-27-9-3-2-4-10-27/h5-8,11-13,25H,2-4,9-10,14H2,1H3,(H,26,28,29). The third kappa shape index (κ3) is 4.42.